The van der Waals surface area contributed by atoms with Crippen LogP contribution in [-0.2, 0) is 0 Å². The van der Waals surface area contributed by atoms with Crippen molar-refractivity contribution < 1.29 is 14.3 Å². The fourth-order valence-corrected chi connectivity index (χ4v) is 2.82. The Labute approximate surface area is 145 Å². The van der Waals surface area contributed by atoms with Gasteiger partial charge in [-0.25, -0.2) is 0 Å². The first-order chi connectivity index (χ1) is 12.3. The summed E-state index contributed by atoms with van der Waals surface area (Å²) in [7, 11) is 0. The standard InChI is InChI=1S/C20H16N2O3/c23-18-8-12-24-19-13-15(4-5-16(18)19)25-20(14-6-10-21-11-7-14)17-3-1-2-9-22-17/h1-7,9-11,13,20H,8,12H2. The van der Waals surface area contributed by atoms with Crippen LogP contribution < -0.4 is 9.47 Å². The second-order valence-corrected chi connectivity index (χ2v) is 5.71. The number of benzene rings is 1. The van der Waals surface area contributed by atoms with E-state index in [1.165, 1.54) is 0 Å². The zero-order valence-corrected chi connectivity index (χ0v) is 13.5. The SMILES string of the molecule is O=C1CCOc2cc(OC(c3ccncc3)c3ccccn3)ccc21. The summed E-state index contributed by atoms with van der Waals surface area (Å²) in [6.45, 7) is 0.406. The molecule has 0 aliphatic carbocycles. The molecule has 0 fully saturated rings. The van der Waals surface area contributed by atoms with E-state index in [9.17, 15) is 4.79 Å². The van der Waals surface area contributed by atoms with Gasteiger partial charge in [-0.05, 0) is 36.4 Å². The number of hydrogen-bond donors (Lipinski definition) is 0. The molecular formula is C20H16N2O3. The average Bonchev–Trinajstić information content (AvgIpc) is 2.68. The van der Waals surface area contributed by atoms with Gasteiger partial charge in [-0.2, -0.15) is 0 Å². The average molecular weight is 332 g/mol. The Morgan fingerprint density at radius 1 is 1.04 bits per heavy atom. The molecule has 0 amide bonds. The minimum absolute atomic E-state index is 0.100. The maximum atomic E-state index is 11.9. The summed E-state index contributed by atoms with van der Waals surface area (Å²) in [6.07, 6.45) is 5.23. The summed E-state index contributed by atoms with van der Waals surface area (Å²) in [5, 5.41) is 0. The van der Waals surface area contributed by atoms with Crippen molar-refractivity contribution in [1.82, 2.24) is 9.97 Å². The van der Waals surface area contributed by atoms with Crippen LogP contribution in [0.15, 0.2) is 67.1 Å². The first kappa shape index (κ1) is 15.3. The molecule has 1 unspecified atom stereocenters. The Morgan fingerprint density at radius 2 is 1.92 bits per heavy atom. The van der Waals surface area contributed by atoms with Gasteiger partial charge in [0.25, 0.3) is 0 Å². The fraction of sp³-hybridized carbons (Fsp3) is 0.150. The molecule has 0 spiro atoms. The van der Waals surface area contributed by atoms with Gasteiger partial charge in [0.1, 0.15) is 11.5 Å². The van der Waals surface area contributed by atoms with Crippen molar-refractivity contribution in [2.45, 2.75) is 12.5 Å². The molecule has 3 aromatic rings. The van der Waals surface area contributed by atoms with Crippen molar-refractivity contribution in [3.8, 4) is 11.5 Å². The number of carbonyl (C=O) groups excluding carboxylic acids is 1. The van der Waals surface area contributed by atoms with Crippen LogP contribution in [0.25, 0.3) is 0 Å². The van der Waals surface area contributed by atoms with Gasteiger partial charge in [0.15, 0.2) is 11.9 Å². The van der Waals surface area contributed by atoms with Crippen LogP contribution in [-0.4, -0.2) is 22.4 Å². The van der Waals surface area contributed by atoms with Gasteiger partial charge in [-0.1, -0.05) is 6.07 Å². The third kappa shape index (κ3) is 3.21. The maximum absolute atomic E-state index is 11.9. The Bertz CT molecular complexity index is 842. The Morgan fingerprint density at radius 3 is 2.72 bits per heavy atom. The molecule has 0 N–H and O–H groups in total. The molecule has 0 saturated heterocycles. The summed E-state index contributed by atoms with van der Waals surface area (Å²) in [5.41, 5.74) is 2.35. The zero-order valence-electron chi connectivity index (χ0n) is 13.5. The number of ketones is 1. The van der Waals surface area contributed by atoms with E-state index in [1.807, 2.05) is 30.3 Å². The van der Waals surface area contributed by atoms with E-state index in [0.717, 1.165) is 11.3 Å². The second-order valence-electron chi connectivity index (χ2n) is 5.71. The highest BCUT2D eigenvalue weighted by molar-refractivity contribution is 5.99. The lowest BCUT2D eigenvalue weighted by Crippen LogP contribution is -2.16. The Balaban J connectivity index is 1.69. The van der Waals surface area contributed by atoms with Crippen LogP contribution in [0.4, 0.5) is 0 Å². The molecule has 1 aliphatic rings. The van der Waals surface area contributed by atoms with Crippen molar-refractivity contribution >= 4 is 5.78 Å². The van der Waals surface area contributed by atoms with Crippen LogP contribution in [0, 0.1) is 0 Å². The van der Waals surface area contributed by atoms with Crippen LogP contribution in [0.2, 0.25) is 0 Å². The highest BCUT2D eigenvalue weighted by Crippen LogP contribution is 2.33. The predicted octanol–water partition coefficient (Wildman–Crippen LogP) is 3.61. The second kappa shape index (κ2) is 6.73. The van der Waals surface area contributed by atoms with Crippen molar-refractivity contribution in [2.24, 2.45) is 0 Å². The number of fused-ring (bicyclic) bond motifs is 1. The maximum Gasteiger partial charge on any atom is 0.169 e. The van der Waals surface area contributed by atoms with Gasteiger partial charge in [-0.15, -0.1) is 0 Å². The van der Waals surface area contributed by atoms with Crippen molar-refractivity contribution in [2.75, 3.05) is 6.61 Å². The van der Waals surface area contributed by atoms with E-state index in [4.69, 9.17) is 9.47 Å². The third-order valence-electron chi connectivity index (χ3n) is 4.06. The molecule has 25 heavy (non-hydrogen) atoms. The monoisotopic (exact) mass is 332 g/mol. The highest BCUT2D eigenvalue weighted by Gasteiger charge is 2.21. The third-order valence-corrected chi connectivity index (χ3v) is 4.06. The molecule has 4 rings (SSSR count). The predicted molar refractivity (Wildman–Crippen MR) is 91.8 cm³/mol. The molecule has 5 nitrogen and oxygen atoms in total. The normalized spacial score (nSPS) is 14.3. The van der Waals surface area contributed by atoms with Gasteiger partial charge in [0.05, 0.1) is 17.9 Å². The Kier molecular flexibility index (Phi) is 4.12. The van der Waals surface area contributed by atoms with E-state index < -0.39 is 0 Å². The topological polar surface area (TPSA) is 61.3 Å². The molecule has 3 heterocycles. The fourth-order valence-electron chi connectivity index (χ4n) is 2.82. The van der Waals surface area contributed by atoms with Gasteiger partial charge >= 0.3 is 0 Å². The summed E-state index contributed by atoms with van der Waals surface area (Å²) in [6, 6.07) is 14.8. The van der Waals surface area contributed by atoms with Gasteiger partial charge < -0.3 is 9.47 Å². The number of pyridine rings is 2. The summed E-state index contributed by atoms with van der Waals surface area (Å²) in [4.78, 5) is 20.4. The minimum atomic E-state index is -0.374. The first-order valence-electron chi connectivity index (χ1n) is 8.09. The van der Waals surface area contributed by atoms with Gasteiger partial charge in [0.2, 0.25) is 0 Å². The molecule has 2 aromatic heterocycles. The summed E-state index contributed by atoms with van der Waals surface area (Å²) in [5.74, 6) is 1.30. The highest BCUT2D eigenvalue weighted by atomic mass is 16.5. The van der Waals surface area contributed by atoms with Gasteiger partial charge in [0, 0.05) is 36.6 Å². The van der Waals surface area contributed by atoms with Crippen LogP contribution >= 0.6 is 0 Å². The Hall–Kier alpha value is -3.21. The smallest absolute Gasteiger partial charge is 0.169 e. The number of hydrogen-bond acceptors (Lipinski definition) is 5. The van der Waals surface area contributed by atoms with Crippen LogP contribution in [0.3, 0.4) is 0 Å². The molecule has 1 atom stereocenters. The first-order valence-corrected chi connectivity index (χ1v) is 8.09. The van der Waals surface area contributed by atoms with E-state index in [2.05, 4.69) is 9.97 Å². The summed E-state index contributed by atoms with van der Waals surface area (Å²) < 4.78 is 11.8. The molecule has 0 saturated carbocycles. The lowest BCUT2D eigenvalue weighted by Gasteiger charge is -2.21. The lowest BCUT2D eigenvalue weighted by molar-refractivity contribution is 0.0933. The molecule has 124 valence electrons. The van der Waals surface area contributed by atoms with Crippen LogP contribution in [0.5, 0.6) is 11.5 Å². The van der Waals surface area contributed by atoms with Crippen molar-refractivity contribution in [3.63, 3.8) is 0 Å². The van der Waals surface area contributed by atoms with E-state index >= 15 is 0 Å². The van der Waals surface area contributed by atoms with E-state index in [0.29, 0.717) is 30.1 Å². The molecule has 5 heteroatoms. The largest absolute Gasteiger partial charge is 0.492 e. The summed E-state index contributed by atoms with van der Waals surface area (Å²) >= 11 is 0. The zero-order chi connectivity index (χ0) is 17.1. The van der Waals surface area contributed by atoms with Gasteiger partial charge in [-0.3, -0.25) is 14.8 Å². The van der Waals surface area contributed by atoms with E-state index in [-0.39, 0.29) is 11.9 Å². The van der Waals surface area contributed by atoms with Crippen molar-refractivity contribution in [1.29, 1.82) is 0 Å². The minimum Gasteiger partial charge on any atom is -0.492 e. The molecular weight excluding hydrogens is 316 g/mol. The molecule has 0 radical (unpaired) electrons. The number of rotatable bonds is 4. The number of aromatic nitrogens is 2. The lowest BCUT2D eigenvalue weighted by atomic mass is 10.0. The number of carbonyl (C=O) groups is 1. The van der Waals surface area contributed by atoms with Crippen LogP contribution in [0.1, 0.15) is 34.1 Å². The number of nitrogens with zero attached hydrogens (tertiary/aromatic N) is 2. The number of Topliss-reactive ketones (excluding diaryl/α,β-unsaturated/α-hetero) is 1. The van der Waals surface area contributed by atoms with E-state index in [1.54, 1.807) is 36.8 Å². The quantitative estimate of drug-likeness (QED) is 0.730. The van der Waals surface area contributed by atoms with Crippen molar-refractivity contribution in [3.05, 3.63) is 83.9 Å². The molecule has 0 bridgehead atoms. The number of ether oxygens (including phenoxy) is 2. The molecule has 1 aliphatic heterocycles. The molecule has 1 aromatic carbocycles.